The largest absolute Gasteiger partial charge is 0.495 e. The van der Waals surface area contributed by atoms with Crippen LogP contribution in [0.4, 0.5) is 5.69 Å². The number of rotatable bonds is 6. The quantitative estimate of drug-likeness (QED) is 0.320. The average Bonchev–Trinajstić information content (AvgIpc) is 3.20. The minimum Gasteiger partial charge on any atom is -0.495 e. The fourth-order valence-corrected chi connectivity index (χ4v) is 5.08. The number of nitrogens with one attached hydrogen (secondary N) is 1. The predicted octanol–water partition coefficient (Wildman–Crippen LogP) is 5.02. The van der Waals surface area contributed by atoms with E-state index in [1.165, 1.54) is 33.2 Å². The third kappa shape index (κ3) is 4.42. The second-order valence-corrected chi connectivity index (χ2v) is 9.31. The van der Waals surface area contributed by atoms with Crippen molar-refractivity contribution in [1.82, 2.24) is 9.55 Å². The molecule has 0 aliphatic carbocycles. The number of amides is 1. The number of fused-ring (bicyclic) bond motifs is 1. The molecule has 2 aromatic heterocycles. The number of carbonyl (C=O) groups is 1. The highest BCUT2D eigenvalue weighted by molar-refractivity contribution is 7.99. The first-order valence-corrected chi connectivity index (χ1v) is 11.9. The standard InChI is InChI=1S/C24H23N3O3S2/c1-14-5-8-16(9-6-14)17-12-31-22-21(17)26-24(27(3)23(22)29)32-13-20(28)25-18-11-15(2)7-10-19(18)30-4/h5-12H,13H2,1-4H3,(H,25,28). The van der Waals surface area contributed by atoms with Crippen LogP contribution in [-0.4, -0.2) is 28.3 Å². The smallest absolute Gasteiger partial charge is 0.271 e. The van der Waals surface area contributed by atoms with E-state index in [0.717, 1.165) is 16.7 Å². The second-order valence-electron chi connectivity index (χ2n) is 7.49. The number of aromatic nitrogens is 2. The van der Waals surface area contributed by atoms with E-state index in [-0.39, 0.29) is 17.2 Å². The fourth-order valence-electron chi connectivity index (χ4n) is 3.33. The number of hydrogen-bond acceptors (Lipinski definition) is 6. The van der Waals surface area contributed by atoms with Crippen molar-refractivity contribution in [2.24, 2.45) is 7.05 Å². The van der Waals surface area contributed by atoms with Gasteiger partial charge in [-0.3, -0.25) is 14.2 Å². The van der Waals surface area contributed by atoms with Gasteiger partial charge in [0.25, 0.3) is 5.56 Å². The first-order valence-electron chi connectivity index (χ1n) is 10.00. The van der Waals surface area contributed by atoms with Crippen molar-refractivity contribution in [3.05, 3.63) is 69.3 Å². The SMILES string of the molecule is COc1ccc(C)cc1NC(=O)CSc1nc2c(-c3ccc(C)cc3)csc2c(=O)n1C. The van der Waals surface area contributed by atoms with Crippen molar-refractivity contribution in [2.45, 2.75) is 19.0 Å². The van der Waals surface area contributed by atoms with Crippen LogP contribution in [0, 0.1) is 13.8 Å². The molecule has 32 heavy (non-hydrogen) atoms. The number of ether oxygens (including phenoxy) is 1. The highest BCUT2D eigenvalue weighted by Crippen LogP contribution is 2.32. The molecule has 0 radical (unpaired) electrons. The first kappa shape index (κ1) is 22.1. The molecule has 6 nitrogen and oxygen atoms in total. The molecule has 2 heterocycles. The van der Waals surface area contributed by atoms with Gasteiger partial charge in [0.2, 0.25) is 5.91 Å². The van der Waals surface area contributed by atoms with Gasteiger partial charge in [-0.15, -0.1) is 11.3 Å². The van der Waals surface area contributed by atoms with Gasteiger partial charge in [-0.05, 0) is 37.1 Å². The van der Waals surface area contributed by atoms with E-state index in [1.807, 2.05) is 61.7 Å². The lowest BCUT2D eigenvalue weighted by Gasteiger charge is -2.11. The molecule has 0 aliphatic rings. The first-order chi connectivity index (χ1) is 15.4. The molecule has 2 aromatic carbocycles. The molecule has 0 fully saturated rings. The van der Waals surface area contributed by atoms with Gasteiger partial charge in [-0.25, -0.2) is 4.98 Å². The Morgan fingerprint density at radius 1 is 1.16 bits per heavy atom. The van der Waals surface area contributed by atoms with Crippen molar-refractivity contribution >= 4 is 44.9 Å². The fraction of sp³-hybridized carbons (Fsp3) is 0.208. The van der Waals surface area contributed by atoms with Crippen LogP contribution in [-0.2, 0) is 11.8 Å². The Bertz CT molecular complexity index is 1360. The van der Waals surface area contributed by atoms with Gasteiger partial charge in [0, 0.05) is 18.0 Å². The van der Waals surface area contributed by atoms with Gasteiger partial charge in [0.1, 0.15) is 10.4 Å². The molecule has 1 N–H and O–H groups in total. The van der Waals surface area contributed by atoms with Crippen molar-refractivity contribution in [1.29, 1.82) is 0 Å². The number of carbonyl (C=O) groups excluding carboxylic acids is 1. The van der Waals surface area contributed by atoms with E-state index in [1.54, 1.807) is 14.2 Å². The number of hydrogen-bond donors (Lipinski definition) is 1. The molecule has 8 heteroatoms. The Hall–Kier alpha value is -3.10. The summed E-state index contributed by atoms with van der Waals surface area (Å²) in [5, 5.41) is 5.35. The van der Waals surface area contributed by atoms with Crippen LogP contribution in [0.2, 0.25) is 0 Å². The van der Waals surface area contributed by atoms with E-state index in [4.69, 9.17) is 9.72 Å². The Kier molecular flexibility index (Phi) is 6.34. The zero-order chi connectivity index (χ0) is 22.8. The maximum Gasteiger partial charge on any atom is 0.271 e. The number of thiophene rings is 1. The van der Waals surface area contributed by atoms with Gasteiger partial charge >= 0.3 is 0 Å². The summed E-state index contributed by atoms with van der Waals surface area (Å²) in [5.74, 6) is 0.520. The summed E-state index contributed by atoms with van der Waals surface area (Å²) in [6, 6.07) is 13.8. The number of nitrogens with zero attached hydrogens (tertiary/aromatic N) is 2. The molecule has 0 atom stereocenters. The van der Waals surface area contributed by atoms with E-state index < -0.39 is 0 Å². The molecule has 0 saturated heterocycles. The van der Waals surface area contributed by atoms with Gasteiger partial charge in [0.15, 0.2) is 5.16 Å². The van der Waals surface area contributed by atoms with Gasteiger partial charge in [-0.2, -0.15) is 0 Å². The summed E-state index contributed by atoms with van der Waals surface area (Å²) in [4.78, 5) is 30.3. The molecule has 0 aliphatic heterocycles. The lowest BCUT2D eigenvalue weighted by atomic mass is 10.1. The molecule has 4 aromatic rings. The summed E-state index contributed by atoms with van der Waals surface area (Å²) >= 11 is 2.63. The van der Waals surface area contributed by atoms with Crippen LogP contribution in [0.1, 0.15) is 11.1 Å². The molecule has 0 bridgehead atoms. The number of benzene rings is 2. The molecule has 4 rings (SSSR count). The zero-order valence-electron chi connectivity index (χ0n) is 18.3. The van der Waals surface area contributed by atoms with Crippen LogP contribution >= 0.6 is 23.1 Å². The van der Waals surface area contributed by atoms with Crippen LogP contribution in [0.25, 0.3) is 21.3 Å². The second kappa shape index (κ2) is 9.18. The number of aryl methyl sites for hydroxylation is 2. The predicted molar refractivity (Wildman–Crippen MR) is 132 cm³/mol. The molecule has 0 spiro atoms. The van der Waals surface area contributed by atoms with Crippen molar-refractivity contribution < 1.29 is 9.53 Å². The minimum atomic E-state index is -0.197. The van der Waals surface area contributed by atoms with E-state index in [0.29, 0.717) is 26.8 Å². The molecule has 164 valence electrons. The Morgan fingerprint density at radius 2 is 1.88 bits per heavy atom. The summed E-state index contributed by atoms with van der Waals surface area (Å²) in [7, 11) is 3.25. The van der Waals surface area contributed by atoms with Crippen molar-refractivity contribution in [3.63, 3.8) is 0 Å². The molecule has 0 unspecified atom stereocenters. The summed E-state index contributed by atoms with van der Waals surface area (Å²) in [5.41, 5.74) is 5.32. The number of anilines is 1. The monoisotopic (exact) mass is 465 g/mol. The Balaban J connectivity index is 1.59. The van der Waals surface area contributed by atoms with E-state index in [2.05, 4.69) is 5.32 Å². The van der Waals surface area contributed by atoms with Crippen LogP contribution in [0.15, 0.2) is 57.8 Å². The Morgan fingerprint density at radius 3 is 2.59 bits per heavy atom. The molecule has 0 saturated carbocycles. The maximum atomic E-state index is 12.9. The van der Waals surface area contributed by atoms with Crippen LogP contribution in [0.3, 0.4) is 0 Å². The molecular weight excluding hydrogens is 442 g/mol. The number of thioether (sulfide) groups is 1. The van der Waals surface area contributed by atoms with Crippen LogP contribution in [0.5, 0.6) is 5.75 Å². The summed E-state index contributed by atoms with van der Waals surface area (Å²) in [6.07, 6.45) is 0. The van der Waals surface area contributed by atoms with E-state index in [9.17, 15) is 9.59 Å². The Labute approximate surface area is 194 Å². The van der Waals surface area contributed by atoms with Gasteiger partial charge < -0.3 is 10.1 Å². The third-order valence-corrected chi connectivity index (χ3v) is 7.07. The highest BCUT2D eigenvalue weighted by atomic mass is 32.2. The minimum absolute atomic E-state index is 0.110. The van der Waals surface area contributed by atoms with Crippen LogP contribution < -0.4 is 15.6 Å². The molecule has 1 amide bonds. The topological polar surface area (TPSA) is 73.2 Å². The van der Waals surface area contributed by atoms with Gasteiger partial charge in [-0.1, -0.05) is 47.7 Å². The normalized spacial score (nSPS) is 11.0. The third-order valence-electron chi connectivity index (χ3n) is 5.08. The lowest BCUT2D eigenvalue weighted by molar-refractivity contribution is -0.113. The molecular formula is C24H23N3O3S2. The zero-order valence-corrected chi connectivity index (χ0v) is 19.9. The highest BCUT2D eigenvalue weighted by Gasteiger charge is 2.17. The van der Waals surface area contributed by atoms with Gasteiger partial charge in [0.05, 0.1) is 24.1 Å². The average molecular weight is 466 g/mol. The summed E-state index contributed by atoms with van der Waals surface area (Å²) < 4.78 is 7.44. The van der Waals surface area contributed by atoms with Crippen molar-refractivity contribution in [3.8, 4) is 16.9 Å². The van der Waals surface area contributed by atoms with E-state index >= 15 is 0 Å². The lowest BCUT2D eigenvalue weighted by Crippen LogP contribution is -2.21. The summed E-state index contributed by atoms with van der Waals surface area (Å²) in [6.45, 7) is 3.99. The maximum absolute atomic E-state index is 12.9. The van der Waals surface area contributed by atoms with Crippen molar-refractivity contribution in [2.75, 3.05) is 18.2 Å². The number of methoxy groups -OCH3 is 1.